The molecule has 0 radical (unpaired) electrons. The summed E-state index contributed by atoms with van der Waals surface area (Å²) >= 11 is 0. The lowest BCUT2D eigenvalue weighted by atomic mass is 9.33. The minimum atomic E-state index is 0.00986. The van der Waals surface area contributed by atoms with Crippen LogP contribution in [0.5, 0.6) is 0 Å². The van der Waals surface area contributed by atoms with Crippen molar-refractivity contribution in [2.75, 3.05) is 9.80 Å². The van der Waals surface area contributed by atoms with Gasteiger partial charge >= 0.3 is 0 Å². The van der Waals surface area contributed by atoms with Gasteiger partial charge in [-0.15, -0.1) is 0 Å². The molecular weight excluding hydrogens is 739 g/mol. The molecule has 0 spiro atoms. The number of nitrogens with zero attached hydrogens (tertiary/aromatic N) is 2. The zero-order chi connectivity index (χ0) is 41.4. The number of para-hydroxylation sites is 1. The molecule has 61 heavy (non-hydrogen) atoms. The molecule has 12 rings (SSSR count). The summed E-state index contributed by atoms with van der Waals surface area (Å²) in [6.45, 7) is 14.3. The third-order valence-corrected chi connectivity index (χ3v) is 14.0. The highest BCUT2D eigenvalue weighted by Crippen LogP contribution is 2.53. The first kappa shape index (κ1) is 36.1. The lowest BCUT2D eigenvalue weighted by Gasteiger charge is -2.45. The van der Waals surface area contributed by atoms with Crippen LogP contribution in [0.4, 0.5) is 34.1 Å². The van der Waals surface area contributed by atoms with Crippen LogP contribution in [0, 0.1) is 13.8 Å². The fraction of sp³-hybridized carbons (Fsp3) is 0.158. The first-order valence-corrected chi connectivity index (χ1v) is 21.8. The Morgan fingerprint density at radius 2 is 1.03 bits per heavy atom. The largest absolute Gasteiger partial charge is 0.456 e. The van der Waals surface area contributed by atoms with Crippen LogP contribution < -0.4 is 26.2 Å². The topological polar surface area (TPSA) is 19.6 Å². The average Bonchev–Trinajstić information content (AvgIpc) is 3.73. The van der Waals surface area contributed by atoms with Gasteiger partial charge in [-0.1, -0.05) is 143 Å². The molecular formula is C57H47BN2O. The molecule has 1 aromatic heterocycles. The number of hydrogen-bond acceptors (Lipinski definition) is 3. The Morgan fingerprint density at radius 1 is 0.459 bits per heavy atom. The van der Waals surface area contributed by atoms with Crippen LogP contribution in [0.3, 0.4) is 0 Å². The molecule has 3 heterocycles. The predicted octanol–water partition coefficient (Wildman–Crippen LogP) is 13.6. The number of furan rings is 1. The standard InChI is InChI=1S/C57H47BN2O/c1-35-28-50-55-51(29-35)60(47-30-39(25-24-36(47)2)37-16-9-7-10-17-37)49-33-43-42(56(3,4)34-57(43,5)6)32-45(49)58(55)44-27-26-40(38-18-11-8-12-19-38)31-48(44)59(50)46-21-15-23-53-54(46)41-20-13-14-22-52(41)61-53/h7-33H,34H2,1-6H3. The van der Waals surface area contributed by atoms with Crippen molar-refractivity contribution < 1.29 is 4.42 Å². The van der Waals surface area contributed by atoms with E-state index in [1.807, 2.05) is 0 Å². The number of benzene rings is 8. The molecule has 9 aromatic rings. The van der Waals surface area contributed by atoms with Crippen LogP contribution in [0.2, 0.25) is 0 Å². The van der Waals surface area contributed by atoms with E-state index in [1.54, 1.807) is 0 Å². The molecule has 294 valence electrons. The van der Waals surface area contributed by atoms with Crippen molar-refractivity contribution in [1.29, 1.82) is 0 Å². The number of fused-ring (bicyclic) bond motifs is 8. The number of aryl methyl sites for hydroxylation is 2. The number of hydrogen-bond donors (Lipinski definition) is 0. The molecule has 0 saturated carbocycles. The zero-order valence-corrected chi connectivity index (χ0v) is 35.7. The summed E-state index contributed by atoms with van der Waals surface area (Å²) in [7, 11) is 0. The van der Waals surface area contributed by atoms with E-state index in [2.05, 4.69) is 215 Å². The average molecular weight is 787 g/mol. The zero-order valence-electron chi connectivity index (χ0n) is 35.7. The molecule has 1 aliphatic carbocycles. The monoisotopic (exact) mass is 786 g/mol. The highest BCUT2D eigenvalue weighted by atomic mass is 16.3. The summed E-state index contributed by atoms with van der Waals surface area (Å²) in [6.07, 6.45) is 1.11. The lowest BCUT2D eigenvalue weighted by Crippen LogP contribution is -2.61. The van der Waals surface area contributed by atoms with Crippen LogP contribution >= 0.6 is 0 Å². The quantitative estimate of drug-likeness (QED) is 0.166. The Labute approximate surface area is 359 Å². The van der Waals surface area contributed by atoms with Gasteiger partial charge in [-0.3, -0.25) is 0 Å². The third kappa shape index (κ3) is 5.31. The highest BCUT2D eigenvalue weighted by molar-refractivity contribution is 7.00. The van der Waals surface area contributed by atoms with Gasteiger partial charge in [-0.2, -0.15) is 0 Å². The van der Waals surface area contributed by atoms with Crippen LogP contribution in [-0.2, 0) is 10.8 Å². The normalized spacial score (nSPS) is 15.5. The second kappa shape index (κ2) is 12.9. The summed E-state index contributed by atoms with van der Waals surface area (Å²) in [5.41, 5.74) is 23.4. The molecule has 2 aliphatic heterocycles. The van der Waals surface area contributed by atoms with Crippen molar-refractivity contribution in [3.8, 4) is 22.3 Å². The molecule has 4 heteroatoms. The molecule has 0 saturated heterocycles. The van der Waals surface area contributed by atoms with E-state index in [9.17, 15) is 0 Å². The molecule has 0 bridgehead atoms. The van der Waals surface area contributed by atoms with Gasteiger partial charge in [0, 0.05) is 33.8 Å². The van der Waals surface area contributed by atoms with E-state index < -0.39 is 0 Å². The number of rotatable bonds is 4. The van der Waals surface area contributed by atoms with E-state index in [4.69, 9.17) is 4.42 Å². The summed E-state index contributed by atoms with van der Waals surface area (Å²) < 4.78 is 6.58. The van der Waals surface area contributed by atoms with Gasteiger partial charge in [0.25, 0.3) is 6.71 Å². The summed E-state index contributed by atoms with van der Waals surface area (Å²) in [5.74, 6) is 0. The first-order valence-electron chi connectivity index (χ1n) is 21.8. The van der Waals surface area contributed by atoms with E-state index in [0.717, 1.165) is 34.0 Å². The minimum Gasteiger partial charge on any atom is -0.456 e. The van der Waals surface area contributed by atoms with Crippen LogP contribution in [0.1, 0.15) is 56.4 Å². The fourth-order valence-electron chi connectivity index (χ4n) is 11.5. The van der Waals surface area contributed by atoms with E-state index in [0.29, 0.717) is 0 Å². The van der Waals surface area contributed by atoms with Crippen molar-refractivity contribution in [2.24, 2.45) is 0 Å². The molecule has 3 aliphatic rings. The Balaban J connectivity index is 1.21. The van der Waals surface area contributed by atoms with Crippen molar-refractivity contribution in [3.05, 3.63) is 186 Å². The van der Waals surface area contributed by atoms with Crippen LogP contribution in [0.25, 0.3) is 44.2 Å². The maximum atomic E-state index is 6.58. The van der Waals surface area contributed by atoms with Crippen molar-refractivity contribution in [3.63, 3.8) is 0 Å². The summed E-state index contributed by atoms with van der Waals surface area (Å²) in [6, 6.07) is 61.0. The maximum absolute atomic E-state index is 6.58. The maximum Gasteiger partial charge on any atom is 0.252 e. The van der Waals surface area contributed by atoms with Gasteiger partial charge in [0.05, 0.1) is 11.1 Å². The van der Waals surface area contributed by atoms with E-state index in [1.165, 1.54) is 89.3 Å². The Kier molecular flexibility index (Phi) is 7.62. The molecule has 0 atom stereocenters. The fourth-order valence-corrected chi connectivity index (χ4v) is 11.5. The summed E-state index contributed by atoms with van der Waals surface area (Å²) in [4.78, 5) is 5.18. The van der Waals surface area contributed by atoms with E-state index >= 15 is 0 Å². The van der Waals surface area contributed by atoms with Crippen molar-refractivity contribution >= 4 is 79.2 Å². The minimum absolute atomic E-state index is 0.00986. The second-order valence-electron chi connectivity index (χ2n) is 19.0. The smallest absolute Gasteiger partial charge is 0.252 e. The van der Waals surface area contributed by atoms with Gasteiger partial charge in [0.15, 0.2) is 0 Å². The first-order chi connectivity index (χ1) is 29.6. The van der Waals surface area contributed by atoms with Gasteiger partial charge < -0.3 is 14.2 Å². The molecule has 0 unspecified atom stereocenters. The summed E-state index contributed by atoms with van der Waals surface area (Å²) in [5, 5.41) is 2.25. The predicted molar refractivity (Wildman–Crippen MR) is 259 cm³/mol. The molecule has 0 amide bonds. The van der Waals surface area contributed by atoms with Gasteiger partial charge in [0.1, 0.15) is 11.2 Å². The van der Waals surface area contributed by atoms with Crippen LogP contribution in [0.15, 0.2) is 168 Å². The third-order valence-electron chi connectivity index (χ3n) is 14.0. The van der Waals surface area contributed by atoms with E-state index in [-0.39, 0.29) is 17.5 Å². The Hall–Kier alpha value is -6.78. The lowest BCUT2D eigenvalue weighted by molar-refractivity contribution is 0.403. The van der Waals surface area contributed by atoms with Crippen LogP contribution in [-0.4, -0.2) is 6.71 Å². The van der Waals surface area contributed by atoms with Crippen molar-refractivity contribution in [1.82, 2.24) is 0 Å². The molecule has 8 aromatic carbocycles. The van der Waals surface area contributed by atoms with Gasteiger partial charge in [-0.05, 0) is 141 Å². The SMILES string of the molecule is Cc1cc2c3c(c1)N(c1cccc4oc5ccccc5c14)c1cc(-c4ccccc4)ccc1B3c1cc3c(cc1N2c1cc(-c2ccccc2)ccc1C)C(C)(C)CC3(C)C. The molecule has 3 nitrogen and oxygen atoms in total. The van der Waals surface area contributed by atoms with Gasteiger partial charge in [-0.25, -0.2) is 0 Å². The number of anilines is 6. The molecule has 0 N–H and O–H groups in total. The Morgan fingerprint density at radius 3 is 1.74 bits per heavy atom. The highest BCUT2D eigenvalue weighted by Gasteiger charge is 2.48. The second-order valence-corrected chi connectivity index (χ2v) is 19.0. The van der Waals surface area contributed by atoms with Crippen molar-refractivity contribution in [2.45, 2.75) is 58.8 Å². The Bertz CT molecular complexity index is 3270. The van der Waals surface area contributed by atoms with Gasteiger partial charge in [0.2, 0.25) is 0 Å². The molecule has 0 fully saturated rings.